The fourth-order valence-electron chi connectivity index (χ4n) is 1.56. The topological polar surface area (TPSA) is 91.3 Å². The van der Waals surface area contributed by atoms with Crippen molar-refractivity contribution in [3.63, 3.8) is 0 Å². The van der Waals surface area contributed by atoms with Crippen molar-refractivity contribution < 1.29 is 19.1 Å². The van der Waals surface area contributed by atoms with E-state index in [0.29, 0.717) is 0 Å². The van der Waals surface area contributed by atoms with Gasteiger partial charge < -0.3 is 15.7 Å². The van der Waals surface area contributed by atoms with Crippen LogP contribution in [0, 0.1) is 12.7 Å². The highest BCUT2D eigenvalue weighted by Crippen LogP contribution is 2.16. The third-order valence-corrected chi connectivity index (χ3v) is 3.50. The van der Waals surface area contributed by atoms with E-state index in [0.717, 1.165) is 16.8 Å². The average Bonchev–Trinajstić information content (AvgIpc) is 2.84. The van der Waals surface area contributed by atoms with Crippen LogP contribution in [0.3, 0.4) is 0 Å². The summed E-state index contributed by atoms with van der Waals surface area (Å²) in [5.41, 5.74) is 0.594. The Labute approximate surface area is 123 Å². The Kier molecular flexibility index (Phi) is 4.49. The molecule has 3 N–H and O–H groups in total. The quantitative estimate of drug-likeness (QED) is 0.809. The summed E-state index contributed by atoms with van der Waals surface area (Å²) in [4.78, 5) is 26.5. The number of nitrogens with one attached hydrogen (secondary N) is 2. The van der Waals surface area contributed by atoms with Gasteiger partial charge >= 0.3 is 12.0 Å². The van der Waals surface area contributed by atoms with E-state index in [1.807, 2.05) is 12.3 Å². The molecular formula is C13H12FN3O3S. The number of hydrogen-bond acceptors (Lipinski definition) is 4. The number of carbonyl (C=O) groups is 2. The molecule has 0 radical (unpaired) electrons. The second-order valence-corrected chi connectivity index (χ2v) is 5.13. The zero-order valence-electron chi connectivity index (χ0n) is 11.0. The molecule has 0 spiro atoms. The lowest BCUT2D eigenvalue weighted by Gasteiger charge is -2.08. The Morgan fingerprint density at radius 3 is 2.76 bits per heavy atom. The highest BCUT2D eigenvalue weighted by molar-refractivity contribution is 7.09. The van der Waals surface area contributed by atoms with Crippen molar-refractivity contribution in [1.82, 2.24) is 10.3 Å². The van der Waals surface area contributed by atoms with Crippen LogP contribution in [0.15, 0.2) is 23.6 Å². The van der Waals surface area contributed by atoms with Crippen LogP contribution < -0.4 is 10.6 Å². The lowest BCUT2D eigenvalue weighted by atomic mass is 10.2. The first kappa shape index (κ1) is 14.9. The third-order valence-electron chi connectivity index (χ3n) is 2.53. The van der Waals surface area contributed by atoms with Gasteiger partial charge in [0.2, 0.25) is 0 Å². The standard InChI is InChI=1S/C13H12FN3O3S/c1-7-6-21-11(16-7)5-15-13(20)17-10-3-2-8(12(18)19)4-9(10)14/h2-4,6H,5H2,1H3,(H,18,19)(H2,15,17,20). The molecule has 2 rings (SSSR count). The number of aromatic nitrogens is 1. The van der Waals surface area contributed by atoms with Crippen molar-refractivity contribution >= 4 is 29.0 Å². The van der Waals surface area contributed by atoms with Gasteiger partial charge in [0, 0.05) is 11.1 Å². The first-order valence-electron chi connectivity index (χ1n) is 5.94. The maximum atomic E-state index is 13.6. The highest BCUT2D eigenvalue weighted by atomic mass is 32.1. The molecule has 1 aromatic carbocycles. The number of halogens is 1. The first-order valence-corrected chi connectivity index (χ1v) is 6.82. The van der Waals surface area contributed by atoms with Gasteiger partial charge in [0.1, 0.15) is 10.8 Å². The summed E-state index contributed by atoms with van der Waals surface area (Å²) < 4.78 is 13.6. The predicted octanol–water partition coefficient (Wildman–Crippen LogP) is 2.61. The number of amides is 2. The number of anilines is 1. The molecule has 0 saturated carbocycles. The number of nitrogens with zero attached hydrogens (tertiary/aromatic N) is 1. The number of carbonyl (C=O) groups excluding carboxylic acids is 1. The molecule has 1 aromatic heterocycles. The Morgan fingerprint density at radius 2 is 2.19 bits per heavy atom. The van der Waals surface area contributed by atoms with Crippen LogP contribution in [0.1, 0.15) is 21.1 Å². The van der Waals surface area contributed by atoms with Gasteiger partial charge in [-0.05, 0) is 25.1 Å². The summed E-state index contributed by atoms with van der Waals surface area (Å²) in [6, 6.07) is 2.67. The summed E-state index contributed by atoms with van der Waals surface area (Å²) in [5.74, 6) is -2.04. The predicted molar refractivity (Wildman–Crippen MR) is 76.1 cm³/mol. The monoisotopic (exact) mass is 309 g/mol. The van der Waals surface area contributed by atoms with Crippen LogP contribution in [0.2, 0.25) is 0 Å². The van der Waals surface area contributed by atoms with Crippen LogP contribution in [-0.2, 0) is 6.54 Å². The molecule has 0 aliphatic carbocycles. The number of thiazole rings is 1. The van der Waals surface area contributed by atoms with E-state index in [1.54, 1.807) is 0 Å². The number of aryl methyl sites for hydroxylation is 1. The molecule has 0 atom stereocenters. The van der Waals surface area contributed by atoms with E-state index in [2.05, 4.69) is 15.6 Å². The number of aromatic carboxylic acids is 1. The molecule has 0 bridgehead atoms. The number of urea groups is 1. The summed E-state index contributed by atoms with van der Waals surface area (Å²) in [7, 11) is 0. The Balaban J connectivity index is 1.94. The van der Waals surface area contributed by atoms with E-state index >= 15 is 0 Å². The molecule has 0 fully saturated rings. The van der Waals surface area contributed by atoms with Crippen LogP contribution in [0.25, 0.3) is 0 Å². The molecule has 21 heavy (non-hydrogen) atoms. The molecule has 8 heteroatoms. The fourth-order valence-corrected chi connectivity index (χ4v) is 2.27. The number of hydrogen-bond donors (Lipinski definition) is 3. The van der Waals surface area contributed by atoms with Crippen molar-refractivity contribution in [3.8, 4) is 0 Å². The maximum Gasteiger partial charge on any atom is 0.335 e. The van der Waals surface area contributed by atoms with Crippen molar-refractivity contribution in [2.45, 2.75) is 13.5 Å². The lowest BCUT2D eigenvalue weighted by Crippen LogP contribution is -2.28. The van der Waals surface area contributed by atoms with Gasteiger partial charge in [-0.25, -0.2) is 19.0 Å². The van der Waals surface area contributed by atoms with E-state index in [1.165, 1.54) is 23.5 Å². The summed E-state index contributed by atoms with van der Waals surface area (Å²) in [5, 5.41) is 16.2. The smallest absolute Gasteiger partial charge is 0.335 e. The van der Waals surface area contributed by atoms with Gasteiger partial charge in [-0.1, -0.05) is 0 Å². The lowest BCUT2D eigenvalue weighted by molar-refractivity contribution is 0.0696. The van der Waals surface area contributed by atoms with Gasteiger partial charge in [0.15, 0.2) is 0 Å². The Hall–Kier alpha value is -2.48. The van der Waals surface area contributed by atoms with Crippen molar-refractivity contribution in [2.24, 2.45) is 0 Å². The molecule has 2 aromatic rings. The van der Waals surface area contributed by atoms with E-state index in [-0.39, 0.29) is 17.8 Å². The minimum absolute atomic E-state index is 0.0900. The van der Waals surface area contributed by atoms with Gasteiger partial charge in [0.25, 0.3) is 0 Å². The van der Waals surface area contributed by atoms with Gasteiger partial charge in [0.05, 0.1) is 17.8 Å². The third kappa shape index (κ3) is 3.99. The number of benzene rings is 1. The Bertz CT molecular complexity index is 687. The summed E-state index contributed by atoms with van der Waals surface area (Å²) >= 11 is 1.41. The van der Waals surface area contributed by atoms with Gasteiger partial charge in [-0.3, -0.25) is 0 Å². The molecule has 1 heterocycles. The minimum atomic E-state index is -1.23. The maximum absolute atomic E-state index is 13.6. The largest absolute Gasteiger partial charge is 0.478 e. The fraction of sp³-hybridized carbons (Fsp3) is 0.154. The summed E-state index contributed by atoms with van der Waals surface area (Å²) in [6.07, 6.45) is 0. The number of carboxylic acid groups (broad SMARTS) is 1. The van der Waals surface area contributed by atoms with Crippen molar-refractivity contribution in [1.29, 1.82) is 0 Å². The molecular weight excluding hydrogens is 297 g/mol. The second kappa shape index (κ2) is 6.31. The van der Waals surface area contributed by atoms with Crippen molar-refractivity contribution in [3.05, 3.63) is 45.7 Å². The average molecular weight is 309 g/mol. The molecule has 110 valence electrons. The van der Waals surface area contributed by atoms with Crippen molar-refractivity contribution in [2.75, 3.05) is 5.32 Å². The van der Waals surface area contributed by atoms with Crippen LogP contribution in [-0.4, -0.2) is 22.1 Å². The zero-order valence-corrected chi connectivity index (χ0v) is 11.8. The normalized spacial score (nSPS) is 10.2. The van der Waals surface area contributed by atoms with Crippen LogP contribution in [0.5, 0.6) is 0 Å². The molecule has 0 aliphatic rings. The highest BCUT2D eigenvalue weighted by Gasteiger charge is 2.11. The summed E-state index contributed by atoms with van der Waals surface area (Å²) in [6.45, 7) is 2.08. The van der Waals surface area contributed by atoms with Gasteiger partial charge in [-0.2, -0.15) is 0 Å². The molecule has 6 nitrogen and oxygen atoms in total. The number of rotatable bonds is 4. The van der Waals surface area contributed by atoms with E-state index in [4.69, 9.17) is 5.11 Å². The molecule has 0 aliphatic heterocycles. The van der Waals surface area contributed by atoms with Crippen LogP contribution >= 0.6 is 11.3 Å². The van der Waals surface area contributed by atoms with Gasteiger partial charge in [-0.15, -0.1) is 11.3 Å². The SMILES string of the molecule is Cc1csc(CNC(=O)Nc2ccc(C(=O)O)cc2F)n1. The first-order chi connectivity index (χ1) is 9.95. The zero-order chi connectivity index (χ0) is 15.4. The molecule has 0 unspecified atom stereocenters. The number of carboxylic acids is 1. The van der Waals surface area contributed by atoms with E-state index < -0.39 is 17.8 Å². The van der Waals surface area contributed by atoms with E-state index in [9.17, 15) is 14.0 Å². The molecule has 2 amide bonds. The molecule has 0 saturated heterocycles. The second-order valence-electron chi connectivity index (χ2n) is 4.19. The Morgan fingerprint density at radius 1 is 1.43 bits per heavy atom. The minimum Gasteiger partial charge on any atom is -0.478 e. The van der Waals surface area contributed by atoms with Crippen LogP contribution in [0.4, 0.5) is 14.9 Å².